The van der Waals surface area contributed by atoms with Gasteiger partial charge in [-0.1, -0.05) is 0 Å². The molecule has 0 aromatic carbocycles. The zero-order chi connectivity index (χ0) is 13.8. The van der Waals surface area contributed by atoms with Crippen LogP contribution in [-0.2, 0) is 17.8 Å². The number of hydrogen-bond donors (Lipinski definition) is 0. The van der Waals surface area contributed by atoms with E-state index in [0.717, 1.165) is 24.5 Å². The lowest BCUT2D eigenvalue weighted by Gasteiger charge is -2.11. The molecule has 0 aliphatic heterocycles. The van der Waals surface area contributed by atoms with Crippen molar-refractivity contribution in [3.8, 4) is 0 Å². The van der Waals surface area contributed by atoms with Gasteiger partial charge < -0.3 is 13.9 Å². The van der Waals surface area contributed by atoms with Crippen LogP contribution in [0.15, 0.2) is 24.7 Å². The van der Waals surface area contributed by atoms with Crippen LogP contribution in [0.5, 0.6) is 0 Å². The Morgan fingerprint density at radius 1 is 1.26 bits per heavy atom. The fourth-order valence-electron chi connectivity index (χ4n) is 2.10. The summed E-state index contributed by atoms with van der Waals surface area (Å²) in [4.78, 5) is 16.1. The third-order valence-electron chi connectivity index (χ3n) is 3.14. The first-order chi connectivity index (χ1) is 9.13. The molecule has 0 atom stereocenters. The van der Waals surface area contributed by atoms with E-state index in [2.05, 4.69) is 9.55 Å². The molecule has 0 aliphatic rings. The fourth-order valence-corrected chi connectivity index (χ4v) is 2.10. The maximum Gasteiger partial charge on any atom is 0.355 e. The van der Waals surface area contributed by atoms with Gasteiger partial charge in [0.25, 0.3) is 0 Å². The van der Waals surface area contributed by atoms with Crippen molar-refractivity contribution >= 4 is 5.97 Å². The number of nitrogens with zero attached hydrogens (tertiary/aromatic N) is 3. The third-order valence-corrected chi connectivity index (χ3v) is 3.14. The van der Waals surface area contributed by atoms with Crippen molar-refractivity contribution in [3.63, 3.8) is 0 Å². The number of rotatable bonds is 5. The van der Waals surface area contributed by atoms with Crippen LogP contribution in [0, 0.1) is 13.8 Å². The standard InChI is InChI=1S/C14H19N3O2/c1-4-19-14(18)13-11(2)5-7-17(13)10-9-16-8-6-15-12(16)3/h5-8H,4,9-10H2,1-3H3. The highest BCUT2D eigenvalue weighted by molar-refractivity contribution is 5.89. The van der Waals surface area contributed by atoms with E-state index in [1.165, 1.54) is 0 Å². The number of hydrogen-bond acceptors (Lipinski definition) is 3. The lowest BCUT2D eigenvalue weighted by molar-refractivity contribution is 0.0512. The monoisotopic (exact) mass is 261 g/mol. The Labute approximate surface area is 112 Å². The van der Waals surface area contributed by atoms with E-state index in [-0.39, 0.29) is 5.97 Å². The van der Waals surface area contributed by atoms with Crippen LogP contribution in [0.1, 0.15) is 28.8 Å². The summed E-state index contributed by atoms with van der Waals surface area (Å²) in [5.74, 6) is 0.717. The summed E-state index contributed by atoms with van der Waals surface area (Å²) in [6.07, 6.45) is 5.64. The van der Waals surface area contributed by atoms with Gasteiger partial charge >= 0.3 is 5.97 Å². The number of esters is 1. The van der Waals surface area contributed by atoms with Gasteiger partial charge in [-0.25, -0.2) is 9.78 Å². The van der Waals surface area contributed by atoms with Crippen molar-refractivity contribution in [2.45, 2.75) is 33.9 Å². The normalized spacial score (nSPS) is 10.7. The molecular formula is C14H19N3O2. The molecule has 2 aromatic heterocycles. The number of carbonyl (C=O) groups is 1. The Kier molecular flexibility index (Phi) is 4.04. The fraction of sp³-hybridized carbons (Fsp3) is 0.429. The largest absolute Gasteiger partial charge is 0.461 e. The summed E-state index contributed by atoms with van der Waals surface area (Å²) < 4.78 is 9.09. The van der Waals surface area contributed by atoms with E-state index in [1.54, 1.807) is 6.20 Å². The van der Waals surface area contributed by atoms with Gasteiger partial charge in [0.15, 0.2) is 0 Å². The molecule has 0 amide bonds. The van der Waals surface area contributed by atoms with Crippen LogP contribution in [0.2, 0.25) is 0 Å². The molecular weight excluding hydrogens is 242 g/mol. The number of aryl methyl sites for hydroxylation is 4. The molecule has 102 valence electrons. The van der Waals surface area contributed by atoms with Gasteiger partial charge in [0.1, 0.15) is 11.5 Å². The maximum atomic E-state index is 11.9. The Balaban J connectivity index is 2.13. The molecule has 0 fully saturated rings. The Morgan fingerprint density at radius 3 is 2.63 bits per heavy atom. The summed E-state index contributed by atoms with van der Waals surface area (Å²) in [5, 5.41) is 0. The molecule has 2 rings (SSSR count). The average molecular weight is 261 g/mol. The molecule has 0 spiro atoms. The molecule has 0 bridgehead atoms. The van der Waals surface area contributed by atoms with E-state index >= 15 is 0 Å². The number of ether oxygens (including phenoxy) is 1. The smallest absolute Gasteiger partial charge is 0.355 e. The van der Waals surface area contributed by atoms with Crippen molar-refractivity contribution in [1.82, 2.24) is 14.1 Å². The van der Waals surface area contributed by atoms with Crippen LogP contribution < -0.4 is 0 Å². The molecule has 2 heterocycles. The first-order valence-corrected chi connectivity index (χ1v) is 6.44. The summed E-state index contributed by atoms with van der Waals surface area (Å²) in [7, 11) is 0. The van der Waals surface area contributed by atoms with E-state index in [1.807, 2.05) is 43.8 Å². The molecule has 0 radical (unpaired) electrons. The molecule has 0 unspecified atom stereocenters. The second-order valence-corrected chi connectivity index (χ2v) is 4.43. The molecule has 2 aromatic rings. The number of imidazole rings is 1. The molecule has 0 aliphatic carbocycles. The average Bonchev–Trinajstić information content (AvgIpc) is 2.93. The van der Waals surface area contributed by atoms with Gasteiger partial charge in [-0.3, -0.25) is 0 Å². The SMILES string of the molecule is CCOC(=O)c1c(C)ccn1CCn1ccnc1C. The van der Waals surface area contributed by atoms with Gasteiger partial charge in [-0.15, -0.1) is 0 Å². The van der Waals surface area contributed by atoms with Crippen molar-refractivity contribution in [2.75, 3.05) is 6.61 Å². The summed E-state index contributed by atoms with van der Waals surface area (Å²) in [5.41, 5.74) is 1.58. The molecule has 0 saturated carbocycles. The summed E-state index contributed by atoms with van der Waals surface area (Å²) in [6, 6.07) is 1.94. The van der Waals surface area contributed by atoms with Gasteiger partial charge in [0, 0.05) is 31.7 Å². The lowest BCUT2D eigenvalue weighted by atomic mass is 10.3. The Hall–Kier alpha value is -2.04. The van der Waals surface area contributed by atoms with E-state index < -0.39 is 0 Å². The van der Waals surface area contributed by atoms with E-state index in [4.69, 9.17) is 4.74 Å². The second-order valence-electron chi connectivity index (χ2n) is 4.43. The van der Waals surface area contributed by atoms with Gasteiger partial charge in [-0.2, -0.15) is 0 Å². The molecule has 5 nitrogen and oxygen atoms in total. The van der Waals surface area contributed by atoms with Gasteiger partial charge in [-0.05, 0) is 32.4 Å². The first-order valence-electron chi connectivity index (χ1n) is 6.44. The highest BCUT2D eigenvalue weighted by atomic mass is 16.5. The predicted molar refractivity (Wildman–Crippen MR) is 72.1 cm³/mol. The minimum Gasteiger partial charge on any atom is -0.461 e. The Bertz CT molecular complexity index is 569. The zero-order valence-electron chi connectivity index (χ0n) is 11.6. The summed E-state index contributed by atoms with van der Waals surface area (Å²) >= 11 is 0. The number of aromatic nitrogens is 3. The molecule has 5 heteroatoms. The van der Waals surface area contributed by atoms with Gasteiger partial charge in [0.05, 0.1) is 6.61 Å². The van der Waals surface area contributed by atoms with Crippen LogP contribution in [-0.4, -0.2) is 26.7 Å². The maximum absolute atomic E-state index is 11.9. The quantitative estimate of drug-likeness (QED) is 0.775. The second kappa shape index (κ2) is 5.73. The molecule has 19 heavy (non-hydrogen) atoms. The first kappa shape index (κ1) is 13.4. The summed E-state index contributed by atoms with van der Waals surface area (Å²) in [6.45, 7) is 7.60. The van der Waals surface area contributed by atoms with Crippen molar-refractivity contribution in [1.29, 1.82) is 0 Å². The van der Waals surface area contributed by atoms with Crippen LogP contribution in [0.4, 0.5) is 0 Å². The van der Waals surface area contributed by atoms with Crippen LogP contribution in [0.25, 0.3) is 0 Å². The van der Waals surface area contributed by atoms with Crippen molar-refractivity contribution in [3.05, 3.63) is 41.7 Å². The Morgan fingerprint density at radius 2 is 2.00 bits per heavy atom. The van der Waals surface area contributed by atoms with Crippen LogP contribution in [0.3, 0.4) is 0 Å². The number of carbonyl (C=O) groups excluding carboxylic acids is 1. The highest BCUT2D eigenvalue weighted by Crippen LogP contribution is 2.12. The van der Waals surface area contributed by atoms with E-state index in [9.17, 15) is 4.79 Å². The zero-order valence-corrected chi connectivity index (χ0v) is 11.6. The predicted octanol–water partition coefficient (Wildman–Crippen LogP) is 2.18. The van der Waals surface area contributed by atoms with Crippen molar-refractivity contribution < 1.29 is 9.53 Å². The van der Waals surface area contributed by atoms with Crippen LogP contribution >= 0.6 is 0 Å². The van der Waals surface area contributed by atoms with Crippen molar-refractivity contribution in [2.24, 2.45) is 0 Å². The lowest BCUT2D eigenvalue weighted by Crippen LogP contribution is -2.16. The minimum absolute atomic E-state index is 0.257. The topological polar surface area (TPSA) is 49.0 Å². The molecule has 0 saturated heterocycles. The third kappa shape index (κ3) is 2.86. The minimum atomic E-state index is -0.257. The van der Waals surface area contributed by atoms with Gasteiger partial charge in [0.2, 0.25) is 0 Å². The highest BCUT2D eigenvalue weighted by Gasteiger charge is 2.15. The molecule has 0 N–H and O–H groups in total. The van der Waals surface area contributed by atoms with E-state index in [0.29, 0.717) is 12.3 Å².